The second-order valence-corrected chi connectivity index (χ2v) is 29.3. The molecular formula is C96H52F18N10. The SMILES string of the molecule is FC(F)(F)c1ccc2c3ccc(C(F)(F)F)cc3n(-c3ccc(N(c4ccc(-c5nc(-c6ccccc6)nc(-c6cccc(-c7cc(C(F)(F)F)cc8c7c7ccc(C(F)(F)F)cc7n8-c7ccc(-c8nc(-c9ccccc9)nc(-c9ccccc9)n8)cc7)c6)n5)cc4)c4ccc(-n5c6cc(C(F)(F)F)ccc6c6ccc(C(F)(F)F)cc65)cc4)cc3)c2c1. The molecule has 0 atom stereocenters. The van der Waals surface area contributed by atoms with Gasteiger partial charge in [-0.25, -0.2) is 29.9 Å². The van der Waals surface area contributed by atoms with Gasteiger partial charge in [-0.2, -0.15) is 79.0 Å². The van der Waals surface area contributed by atoms with Crippen molar-refractivity contribution in [3.63, 3.8) is 0 Å². The maximum Gasteiger partial charge on any atom is 0.416 e. The van der Waals surface area contributed by atoms with Crippen LogP contribution in [0.5, 0.6) is 0 Å². The van der Waals surface area contributed by atoms with E-state index in [4.69, 9.17) is 29.9 Å². The lowest BCUT2D eigenvalue weighted by atomic mass is 9.95. The highest BCUT2D eigenvalue weighted by Crippen LogP contribution is 2.49. The van der Waals surface area contributed by atoms with Gasteiger partial charge in [0.1, 0.15) is 0 Å². The molecule has 5 aromatic heterocycles. The Morgan fingerprint density at radius 2 is 0.435 bits per heavy atom. The summed E-state index contributed by atoms with van der Waals surface area (Å²) in [7, 11) is 0. The van der Waals surface area contributed by atoms with Crippen LogP contribution >= 0.6 is 0 Å². The second kappa shape index (κ2) is 29.4. The lowest BCUT2D eigenvalue weighted by Crippen LogP contribution is -2.10. The predicted octanol–water partition coefficient (Wildman–Crippen LogP) is 28.6. The number of alkyl halides is 18. The van der Waals surface area contributed by atoms with Crippen LogP contribution < -0.4 is 4.90 Å². The van der Waals surface area contributed by atoms with Gasteiger partial charge in [0.05, 0.1) is 66.5 Å². The van der Waals surface area contributed by atoms with Crippen molar-refractivity contribution in [1.29, 1.82) is 0 Å². The Balaban J connectivity index is 0.736. The fraction of sp³-hybridized carbons (Fsp3) is 0.0625. The lowest BCUT2D eigenvalue weighted by Gasteiger charge is -2.26. The highest BCUT2D eigenvalue weighted by Gasteiger charge is 2.39. The van der Waals surface area contributed by atoms with Gasteiger partial charge >= 0.3 is 37.1 Å². The lowest BCUT2D eigenvalue weighted by molar-refractivity contribution is -0.138. The van der Waals surface area contributed by atoms with Gasteiger partial charge in [-0.05, 0) is 187 Å². The van der Waals surface area contributed by atoms with E-state index < -0.39 is 70.4 Å². The van der Waals surface area contributed by atoms with Crippen molar-refractivity contribution in [2.45, 2.75) is 37.1 Å². The molecule has 0 bridgehead atoms. The van der Waals surface area contributed by atoms with Crippen molar-refractivity contribution in [2.24, 2.45) is 0 Å². The molecular weight excluding hydrogens is 1640 g/mol. The minimum Gasteiger partial charge on any atom is -0.311 e. The molecule has 19 aromatic rings. The van der Waals surface area contributed by atoms with Crippen LogP contribution in [-0.2, 0) is 37.1 Å². The van der Waals surface area contributed by atoms with E-state index in [-0.39, 0.29) is 122 Å². The zero-order valence-electron chi connectivity index (χ0n) is 63.3. The third-order valence-corrected chi connectivity index (χ3v) is 21.7. The molecule has 10 nitrogen and oxygen atoms in total. The van der Waals surface area contributed by atoms with Gasteiger partial charge < -0.3 is 18.6 Å². The van der Waals surface area contributed by atoms with Gasteiger partial charge in [0.25, 0.3) is 0 Å². The Hall–Kier alpha value is -15.0. The van der Waals surface area contributed by atoms with E-state index in [9.17, 15) is 65.9 Å². The van der Waals surface area contributed by atoms with E-state index in [0.717, 1.165) is 72.8 Å². The van der Waals surface area contributed by atoms with E-state index in [2.05, 4.69) is 0 Å². The Morgan fingerprint density at radius 3 is 0.758 bits per heavy atom. The highest BCUT2D eigenvalue weighted by atomic mass is 19.4. The van der Waals surface area contributed by atoms with E-state index in [0.29, 0.717) is 56.5 Å². The van der Waals surface area contributed by atoms with Gasteiger partial charge in [0.15, 0.2) is 34.9 Å². The topological polar surface area (TPSA) is 95.4 Å². The summed E-state index contributed by atoms with van der Waals surface area (Å²) in [5, 5.41) is 1.12. The average Bonchev–Trinajstić information content (AvgIpc) is 1.57. The third kappa shape index (κ3) is 14.5. The predicted molar refractivity (Wildman–Crippen MR) is 439 cm³/mol. The van der Waals surface area contributed by atoms with E-state index >= 15 is 13.2 Å². The molecule has 19 rings (SSSR count). The molecule has 0 radical (unpaired) electrons. The molecule has 0 aliphatic heterocycles. The van der Waals surface area contributed by atoms with E-state index in [1.807, 2.05) is 60.7 Å². The summed E-state index contributed by atoms with van der Waals surface area (Å²) in [5.74, 6) is 1.08. The van der Waals surface area contributed by atoms with Crippen molar-refractivity contribution >= 4 is 82.5 Å². The summed E-state index contributed by atoms with van der Waals surface area (Å²) in [5.41, 5.74) is -2.71. The van der Waals surface area contributed by atoms with Crippen molar-refractivity contribution in [2.75, 3.05) is 4.90 Å². The highest BCUT2D eigenvalue weighted by molar-refractivity contribution is 6.17. The Bertz CT molecular complexity index is 7010. The van der Waals surface area contributed by atoms with E-state index in [1.165, 1.54) is 92.6 Å². The summed E-state index contributed by atoms with van der Waals surface area (Å²) in [6.07, 6.45) is -29.4. The molecule has 0 saturated heterocycles. The smallest absolute Gasteiger partial charge is 0.311 e. The number of hydrogen-bond acceptors (Lipinski definition) is 7. The third-order valence-electron chi connectivity index (χ3n) is 21.7. The minimum atomic E-state index is -5.02. The molecule has 0 spiro atoms. The number of nitrogens with zero attached hydrogens (tertiary/aromatic N) is 10. The van der Waals surface area contributed by atoms with Crippen LogP contribution in [0.4, 0.5) is 96.1 Å². The quantitative estimate of drug-likeness (QED) is 0.106. The zero-order valence-corrected chi connectivity index (χ0v) is 63.3. The van der Waals surface area contributed by atoms with Crippen molar-refractivity contribution in [3.8, 4) is 96.5 Å². The standard InChI is InChI=1S/C96H52F18N10/c97-91(98,99)60-23-40-72-73-41-24-61(92(100,101)102)48-79(73)122(78(72)47-60)70-36-32-67(33-37-70)121(68-34-38-71(39-35-68)123-80-49-62(93(103,104)105)25-42-74(80)75-43-26-63(50-81(75)123)94(106,107)108)66-28-19-56(20-29-66)89-118-87(55-15-8-3-9-16-55)119-90(120-89)59-18-10-17-58(45-59)77-46-65(96(112,113)114)52-83-84(77)76-44-27-64(95(109,110)111)51-82(76)124(83)69-30-21-57(22-31-69)88-116-85(53-11-4-1-5-12-53)115-86(117-88)54-13-6-2-7-14-54/h1-52H. The number of fused-ring (bicyclic) bond motifs is 9. The molecule has 0 fully saturated rings. The largest absolute Gasteiger partial charge is 0.416 e. The summed E-state index contributed by atoms with van der Waals surface area (Å²) in [4.78, 5) is 30.8. The van der Waals surface area contributed by atoms with Gasteiger partial charge in [-0.3, -0.25) is 0 Å². The Kier molecular flexibility index (Phi) is 18.7. The molecule has 5 heterocycles. The van der Waals surface area contributed by atoms with Crippen LogP contribution in [-0.4, -0.2) is 43.6 Å². The normalized spacial score (nSPS) is 12.6. The molecule has 124 heavy (non-hydrogen) atoms. The molecule has 0 unspecified atom stereocenters. The number of hydrogen-bond donors (Lipinski definition) is 0. The van der Waals surface area contributed by atoms with Crippen LogP contribution in [0.3, 0.4) is 0 Å². The molecule has 0 saturated carbocycles. The molecule has 612 valence electrons. The van der Waals surface area contributed by atoms with Crippen molar-refractivity contribution < 1.29 is 79.0 Å². The van der Waals surface area contributed by atoms with Crippen LogP contribution in [0.1, 0.15) is 33.4 Å². The van der Waals surface area contributed by atoms with Crippen LogP contribution in [0, 0.1) is 0 Å². The van der Waals surface area contributed by atoms with E-state index in [1.54, 1.807) is 108 Å². The fourth-order valence-corrected chi connectivity index (χ4v) is 15.9. The van der Waals surface area contributed by atoms with Crippen LogP contribution in [0.15, 0.2) is 315 Å². The maximum atomic E-state index is 15.7. The molecule has 0 aliphatic rings. The number of rotatable bonds is 13. The Labute approximate surface area is 689 Å². The summed E-state index contributed by atoms with van der Waals surface area (Å²) in [6.45, 7) is 0. The first-order valence-corrected chi connectivity index (χ1v) is 38.0. The molecule has 28 heteroatoms. The Morgan fingerprint density at radius 1 is 0.194 bits per heavy atom. The fourth-order valence-electron chi connectivity index (χ4n) is 15.9. The van der Waals surface area contributed by atoms with Gasteiger partial charge in [-0.15, -0.1) is 0 Å². The van der Waals surface area contributed by atoms with Crippen LogP contribution in [0.25, 0.3) is 162 Å². The maximum absolute atomic E-state index is 15.7. The average molecular weight is 1690 g/mol. The number of aromatic nitrogens is 9. The minimum absolute atomic E-state index is 0.00196. The van der Waals surface area contributed by atoms with Crippen LogP contribution in [0.2, 0.25) is 0 Å². The number of anilines is 3. The first-order chi connectivity index (χ1) is 59.2. The van der Waals surface area contributed by atoms with Gasteiger partial charge in [-0.1, -0.05) is 140 Å². The zero-order chi connectivity index (χ0) is 86.3. The molecule has 0 N–H and O–H groups in total. The number of benzene rings is 14. The molecule has 0 aliphatic carbocycles. The summed E-state index contributed by atoms with van der Waals surface area (Å²) >= 11 is 0. The summed E-state index contributed by atoms with van der Waals surface area (Å²) in [6, 6.07) is 74.2. The second-order valence-electron chi connectivity index (χ2n) is 29.3. The summed E-state index contributed by atoms with van der Waals surface area (Å²) < 4.78 is 270. The first-order valence-electron chi connectivity index (χ1n) is 38.0. The van der Waals surface area contributed by atoms with Gasteiger partial charge in [0, 0.05) is 99.8 Å². The van der Waals surface area contributed by atoms with Crippen molar-refractivity contribution in [1.82, 2.24) is 43.6 Å². The van der Waals surface area contributed by atoms with Gasteiger partial charge in [0.2, 0.25) is 0 Å². The molecule has 0 amide bonds. The van der Waals surface area contributed by atoms with Crippen molar-refractivity contribution in [3.05, 3.63) is 349 Å². The monoisotopic (exact) mass is 1690 g/mol. The number of halogens is 18. The first kappa shape index (κ1) is 78.9. The molecule has 14 aromatic carbocycles.